The highest BCUT2D eigenvalue weighted by molar-refractivity contribution is 9.10. The summed E-state index contributed by atoms with van der Waals surface area (Å²) >= 11 is 8.99. The van der Waals surface area contributed by atoms with Crippen molar-refractivity contribution in [3.8, 4) is 5.75 Å². The summed E-state index contributed by atoms with van der Waals surface area (Å²) in [6.45, 7) is 4.61. The van der Waals surface area contributed by atoms with E-state index < -0.39 is 11.2 Å². The number of halogens is 2. The zero-order valence-corrected chi connectivity index (χ0v) is 13.4. The van der Waals surface area contributed by atoms with Gasteiger partial charge in [-0.2, -0.15) is 0 Å². The average Bonchev–Trinajstić information content (AvgIpc) is 2.37. The van der Waals surface area contributed by atoms with Crippen molar-refractivity contribution in [1.82, 2.24) is 0 Å². The topological polar surface area (TPSA) is 70.8 Å². The second-order valence-electron chi connectivity index (χ2n) is 3.64. The molecule has 0 aromatic heterocycles. The van der Waals surface area contributed by atoms with Crippen LogP contribution in [-0.2, 0) is 9.47 Å². The molecule has 0 bridgehead atoms. The lowest BCUT2D eigenvalue weighted by molar-refractivity contribution is -0.386. The van der Waals surface area contributed by atoms with Crippen LogP contribution in [0, 0.1) is 10.1 Å². The van der Waals surface area contributed by atoms with E-state index in [-0.39, 0.29) is 23.1 Å². The van der Waals surface area contributed by atoms with Gasteiger partial charge in [-0.05, 0) is 35.8 Å². The maximum absolute atomic E-state index is 11.0. The van der Waals surface area contributed by atoms with Gasteiger partial charge in [0.15, 0.2) is 6.29 Å². The van der Waals surface area contributed by atoms with Gasteiger partial charge in [-0.25, -0.2) is 0 Å². The van der Waals surface area contributed by atoms with Crippen LogP contribution in [0.25, 0.3) is 0 Å². The molecule has 112 valence electrons. The van der Waals surface area contributed by atoms with Gasteiger partial charge in [-0.3, -0.25) is 10.1 Å². The van der Waals surface area contributed by atoms with Gasteiger partial charge in [0.1, 0.15) is 6.61 Å². The Balaban J connectivity index is 2.88. The second-order valence-corrected chi connectivity index (χ2v) is 4.93. The molecule has 0 atom stereocenters. The second kappa shape index (κ2) is 8.41. The van der Waals surface area contributed by atoms with Crippen molar-refractivity contribution < 1.29 is 19.1 Å². The molecular formula is C12H15BrClNO5. The summed E-state index contributed by atoms with van der Waals surface area (Å²) in [5.74, 6) is 0.101. The highest BCUT2D eigenvalue weighted by Gasteiger charge is 2.21. The first-order valence-corrected chi connectivity index (χ1v) is 7.16. The van der Waals surface area contributed by atoms with Crippen molar-refractivity contribution in [3.63, 3.8) is 0 Å². The van der Waals surface area contributed by atoms with Crippen LogP contribution in [0.5, 0.6) is 5.75 Å². The molecule has 0 aliphatic carbocycles. The third-order valence-electron chi connectivity index (χ3n) is 2.25. The SMILES string of the molecule is CCOC(COc1c(Br)cc(Cl)cc1[N+](=O)[O-])OCC. The lowest BCUT2D eigenvalue weighted by Crippen LogP contribution is -2.25. The number of rotatable bonds is 8. The molecule has 0 saturated carbocycles. The number of nitrogens with zero attached hydrogens (tertiary/aromatic N) is 1. The number of hydrogen-bond acceptors (Lipinski definition) is 5. The van der Waals surface area contributed by atoms with Crippen LogP contribution in [-0.4, -0.2) is 31.0 Å². The van der Waals surface area contributed by atoms with Crippen molar-refractivity contribution in [1.29, 1.82) is 0 Å². The molecule has 0 heterocycles. The molecule has 6 nitrogen and oxygen atoms in total. The minimum atomic E-state index is -0.577. The largest absolute Gasteiger partial charge is 0.481 e. The fourth-order valence-electron chi connectivity index (χ4n) is 1.49. The predicted molar refractivity (Wildman–Crippen MR) is 78.3 cm³/mol. The molecule has 0 radical (unpaired) electrons. The van der Waals surface area contributed by atoms with E-state index >= 15 is 0 Å². The van der Waals surface area contributed by atoms with Crippen LogP contribution in [0.2, 0.25) is 5.02 Å². The number of benzene rings is 1. The van der Waals surface area contributed by atoms with Gasteiger partial charge in [0, 0.05) is 24.3 Å². The minimum Gasteiger partial charge on any atom is -0.481 e. The van der Waals surface area contributed by atoms with E-state index in [0.717, 1.165) is 0 Å². The molecule has 1 rings (SSSR count). The highest BCUT2D eigenvalue weighted by Crippen LogP contribution is 2.38. The summed E-state index contributed by atoms with van der Waals surface area (Å²) < 4.78 is 16.5. The standard InChI is InChI=1S/C12H15BrClNO5/c1-3-18-11(19-4-2)7-20-12-9(13)5-8(14)6-10(12)15(16)17/h5-6,11H,3-4,7H2,1-2H3. The Kier molecular flexibility index (Phi) is 7.22. The van der Waals surface area contributed by atoms with Crippen LogP contribution in [0.3, 0.4) is 0 Å². The minimum absolute atomic E-state index is 0.0444. The fourth-order valence-corrected chi connectivity index (χ4v) is 2.40. The van der Waals surface area contributed by atoms with Crippen molar-refractivity contribution in [2.45, 2.75) is 20.1 Å². The van der Waals surface area contributed by atoms with Crippen molar-refractivity contribution in [2.75, 3.05) is 19.8 Å². The van der Waals surface area contributed by atoms with E-state index in [1.54, 1.807) is 0 Å². The molecule has 0 spiro atoms. The molecule has 0 aliphatic rings. The van der Waals surface area contributed by atoms with E-state index in [9.17, 15) is 10.1 Å². The van der Waals surface area contributed by atoms with E-state index in [0.29, 0.717) is 17.7 Å². The maximum Gasteiger partial charge on any atom is 0.313 e. The smallest absolute Gasteiger partial charge is 0.313 e. The van der Waals surface area contributed by atoms with Gasteiger partial charge in [-0.15, -0.1) is 0 Å². The summed E-state index contributed by atoms with van der Waals surface area (Å²) in [5, 5.41) is 11.3. The first-order valence-electron chi connectivity index (χ1n) is 5.99. The molecule has 0 fully saturated rings. The summed E-state index contributed by atoms with van der Waals surface area (Å²) in [5.41, 5.74) is -0.212. The Morgan fingerprint density at radius 1 is 1.35 bits per heavy atom. The molecule has 20 heavy (non-hydrogen) atoms. The van der Waals surface area contributed by atoms with E-state index in [2.05, 4.69) is 15.9 Å². The number of nitro benzene ring substituents is 1. The lowest BCUT2D eigenvalue weighted by Gasteiger charge is -2.18. The van der Waals surface area contributed by atoms with Gasteiger partial charge >= 0.3 is 5.69 Å². The van der Waals surface area contributed by atoms with E-state index in [4.69, 9.17) is 25.8 Å². The first kappa shape index (κ1) is 17.2. The lowest BCUT2D eigenvalue weighted by atomic mass is 10.3. The number of ether oxygens (including phenoxy) is 3. The summed E-state index contributed by atoms with van der Waals surface area (Å²) in [4.78, 5) is 10.5. The molecule has 0 N–H and O–H groups in total. The van der Waals surface area contributed by atoms with E-state index in [1.165, 1.54) is 12.1 Å². The third-order valence-corrected chi connectivity index (χ3v) is 3.06. The zero-order chi connectivity index (χ0) is 15.1. The Morgan fingerprint density at radius 2 is 1.95 bits per heavy atom. The summed E-state index contributed by atoms with van der Waals surface area (Å²) in [7, 11) is 0. The van der Waals surface area contributed by atoms with Crippen LogP contribution >= 0.6 is 27.5 Å². The normalized spacial score (nSPS) is 10.8. The average molecular weight is 369 g/mol. The van der Waals surface area contributed by atoms with Gasteiger partial charge in [0.25, 0.3) is 0 Å². The Morgan fingerprint density at radius 3 is 2.45 bits per heavy atom. The van der Waals surface area contributed by atoms with Crippen molar-refractivity contribution in [3.05, 3.63) is 31.7 Å². The third kappa shape index (κ3) is 4.90. The first-order chi connectivity index (χ1) is 9.49. The Bertz CT molecular complexity index is 465. The van der Waals surface area contributed by atoms with Gasteiger partial charge in [-0.1, -0.05) is 11.6 Å². The van der Waals surface area contributed by atoms with E-state index in [1.807, 2.05) is 13.8 Å². The van der Waals surface area contributed by atoms with Gasteiger partial charge in [0.2, 0.25) is 5.75 Å². The van der Waals surface area contributed by atoms with Crippen LogP contribution in [0.15, 0.2) is 16.6 Å². The molecule has 8 heteroatoms. The monoisotopic (exact) mass is 367 g/mol. The molecule has 1 aromatic carbocycles. The summed E-state index contributed by atoms with van der Waals surface area (Å²) in [6.07, 6.45) is -0.577. The quantitative estimate of drug-likeness (QED) is 0.396. The molecule has 0 aliphatic heterocycles. The van der Waals surface area contributed by atoms with Gasteiger partial charge < -0.3 is 14.2 Å². The molecular weight excluding hydrogens is 353 g/mol. The molecule has 1 aromatic rings. The number of hydrogen-bond donors (Lipinski definition) is 0. The Labute approximate surface area is 130 Å². The van der Waals surface area contributed by atoms with Crippen molar-refractivity contribution >= 4 is 33.2 Å². The van der Waals surface area contributed by atoms with Crippen LogP contribution in [0.1, 0.15) is 13.8 Å². The molecule has 0 unspecified atom stereocenters. The summed E-state index contributed by atoms with van der Waals surface area (Å²) in [6, 6.07) is 2.76. The van der Waals surface area contributed by atoms with Crippen LogP contribution in [0.4, 0.5) is 5.69 Å². The van der Waals surface area contributed by atoms with Crippen LogP contribution < -0.4 is 4.74 Å². The molecule has 0 amide bonds. The fraction of sp³-hybridized carbons (Fsp3) is 0.500. The highest BCUT2D eigenvalue weighted by atomic mass is 79.9. The number of nitro groups is 1. The predicted octanol–water partition coefficient (Wildman–Crippen LogP) is 3.79. The molecule has 0 saturated heterocycles. The maximum atomic E-state index is 11.0. The van der Waals surface area contributed by atoms with Crippen molar-refractivity contribution in [2.24, 2.45) is 0 Å². The Hall–Kier alpha value is -0.890. The van der Waals surface area contributed by atoms with Gasteiger partial charge in [0.05, 0.1) is 9.40 Å². The zero-order valence-electron chi connectivity index (χ0n) is 11.1.